The summed E-state index contributed by atoms with van der Waals surface area (Å²) in [7, 11) is 1.46. The summed E-state index contributed by atoms with van der Waals surface area (Å²) in [6.07, 6.45) is 0. The van der Waals surface area contributed by atoms with Gasteiger partial charge in [0.2, 0.25) is 0 Å². The molecule has 2 rings (SSSR count). The molecule has 0 fully saturated rings. The highest BCUT2D eigenvalue weighted by atomic mass is 79.9. The lowest BCUT2D eigenvalue weighted by atomic mass is 10.2. The maximum atomic E-state index is 10.8. The van der Waals surface area contributed by atoms with E-state index in [0.29, 0.717) is 16.0 Å². The SMILES string of the molecule is COc1ccc([N+](=O)[O-])cc1Oc1ccc(CO)cc1Br. The first-order chi connectivity index (χ1) is 10.0. The minimum absolute atomic E-state index is 0.0843. The number of nitrogens with zero attached hydrogens (tertiary/aromatic N) is 1. The van der Waals surface area contributed by atoms with Gasteiger partial charge in [0.05, 0.1) is 29.2 Å². The van der Waals surface area contributed by atoms with Gasteiger partial charge in [0.1, 0.15) is 5.75 Å². The first-order valence-corrected chi connectivity index (χ1v) is 6.74. The van der Waals surface area contributed by atoms with Crippen LogP contribution < -0.4 is 9.47 Å². The van der Waals surface area contributed by atoms with E-state index >= 15 is 0 Å². The van der Waals surface area contributed by atoms with E-state index in [1.54, 1.807) is 18.2 Å². The van der Waals surface area contributed by atoms with Crippen molar-refractivity contribution in [3.63, 3.8) is 0 Å². The van der Waals surface area contributed by atoms with E-state index < -0.39 is 4.92 Å². The quantitative estimate of drug-likeness (QED) is 0.655. The Balaban J connectivity index is 2.38. The van der Waals surface area contributed by atoms with Crippen LogP contribution in [0, 0.1) is 10.1 Å². The lowest BCUT2D eigenvalue weighted by Crippen LogP contribution is -1.94. The third-order valence-corrected chi connectivity index (χ3v) is 3.38. The van der Waals surface area contributed by atoms with Crippen LogP contribution in [-0.4, -0.2) is 17.1 Å². The summed E-state index contributed by atoms with van der Waals surface area (Å²) in [5.41, 5.74) is 0.633. The fourth-order valence-corrected chi connectivity index (χ4v) is 2.21. The molecule has 0 aliphatic carbocycles. The second-order valence-corrected chi connectivity index (χ2v) is 4.97. The molecule has 0 radical (unpaired) electrons. The van der Waals surface area contributed by atoms with Crippen molar-refractivity contribution in [1.29, 1.82) is 0 Å². The van der Waals surface area contributed by atoms with Gasteiger partial charge < -0.3 is 14.6 Å². The molecule has 6 nitrogen and oxygen atoms in total. The number of halogens is 1. The van der Waals surface area contributed by atoms with Crippen molar-refractivity contribution in [3.8, 4) is 17.2 Å². The molecule has 1 N–H and O–H groups in total. The number of hydrogen-bond acceptors (Lipinski definition) is 5. The topological polar surface area (TPSA) is 81.8 Å². The Morgan fingerprint density at radius 3 is 2.48 bits per heavy atom. The van der Waals surface area contributed by atoms with Crippen molar-refractivity contribution in [2.75, 3.05) is 7.11 Å². The molecule has 0 spiro atoms. The van der Waals surface area contributed by atoms with Gasteiger partial charge >= 0.3 is 0 Å². The van der Waals surface area contributed by atoms with Crippen molar-refractivity contribution in [1.82, 2.24) is 0 Å². The molecule has 0 atom stereocenters. The predicted octanol–water partition coefficient (Wildman–Crippen LogP) is 3.65. The molecule has 0 saturated carbocycles. The average Bonchev–Trinajstić information content (AvgIpc) is 2.49. The Morgan fingerprint density at radius 1 is 1.19 bits per heavy atom. The van der Waals surface area contributed by atoms with Crippen LogP contribution in [0.1, 0.15) is 5.56 Å². The van der Waals surface area contributed by atoms with Gasteiger partial charge in [0.25, 0.3) is 5.69 Å². The third-order valence-electron chi connectivity index (χ3n) is 2.76. The fourth-order valence-electron chi connectivity index (χ4n) is 1.70. The molecule has 0 heterocycles. The average molecular weight is 354 g/mol. The first-order valence-electron chi connectivity index (χ1n) is 5.94. The van der Waals surface area contributed by atoms with Crippen LogP contribution >= 0.6 is 15.9 Å². The number of nitro benzene ring substituents is 1. The fraction of sp³-hybridized carbons (Fsp3) is 0.143. The maximum absolute atomic E-state index is 10.8. The first kappa shape index (κ1) is 15.3. The van der Waals surface area contributed by atoms with E-state index in [0.717, 1.165) is 5.56 Å². The second-order valence-electron chi connectivity index (χ2n) is 4.12. The smallest absolute Gasteiger partial charge is 0.273 e. The number of methoxy groups -OCH3 is 1. The van der Waals surface area contributed by atoms with Gasteiger partial charge in [-0.2, -0.15) is 0 Å². The van der Waals surface area contributed by atoms with Gasteiger partial charge in [-0.3, -0.25) is 10.1 Å². The predicted molar refractivity (Wildman–Crippen MR) is 79.8 cm³/mol. The van der Waals surface area contributed by atoms with Crippen LogP contribution in [0.15, 0.2) is 40.9 Å². The van der Waals surface area contributed by atoms with E-state index in [-0.39, 0.29) is 18.0 Å². The van der Waals surface area contributed by atoms with Crippen molar-refractivity contribution >= 4 is 21.6 Å². The van der Waals surface area contributed by atoms with Crippen LogP contribution in [0.5, 0.6) is 17.2 Å². The normalized spacial score (nSPS) is 10.2. The molecule has 0 amide bonds. The van der Waals surface area contributed by atoms with Crippen molar-refractivity contribution in [2.24, 2.45) is 0 Å². The van der Waals surface area contributed by atoms with E-state index in [1.165, 1.54) is 25.3 Å². The summed E-state index contributed by atoms with van der Waals surface area (Å²) >= 11 is 3.33. The molecule has 0 unspecified atom stereocenters. The zero-order valence-electron chi connectivity index (χ0n) is 11.1. The Morgan fingerprint density at radius 2 is 1.90 bits per heavy atom. The van der Waals surface area contributed by atoms with Crippen LogP contribution in [0.25, 0.3) is 0 Å². The van der Waals surface area contributed by atoms with Gasteiger partial charge in [-0.05, 0) is 39.7 Å². The molecule has 0 aliphatic heterocycles. The number of benzene rings is 2. The Kier molecular flexibility index (Phi) is 4.77. The highest BCUT2D eigenvalue weighted by Gasteiger charge is 2.14. The largest absolute Gasteiger partial charge is 0.493 e. The van der Waals surface area contributed by atoms with Crippen LogP contribution in [0.2, 0.25) is 0 Å². The molecular formula is C14H12BrNO5. The number of aliphatic hydroxyl groups excluding tert-OH is 1. The van der Waals surface area contributed by atoms with Gasteiger partial charge in [0.15, 0.2) is 11.5 Å². The highest BCUT2D eigenvalue weighted by molar-refractivity contribution is 9.10. The summed E-state index contributed by atoms with van der Waals surface area (Å²) in [6, 6.07) is 9.18. The summed E-state index contributed by atoms with van der Waals surface area (Å²) in [6.45, 7) is -0.0843. The second kappa shape index (κ2) is 6.55. The number of hydrogen-bond donors (Lipinski definition) is 1. The lowest BCUT2D eigenvalue weighted by molar-refractivity contribution is -0.384. The molecule has 0 saturated heterocycles. The molecule has 110 valence electrons. The van der Waals surface area contributed by atoms with Crippen LogP contribution in [0.3, 0.4) is 0 Å². The molecule has 2 aromatic rings. The third kappa shape index (κ3) is 3.50. The monoisotopic (exact) mass is 353 g/mol. The molecular weight excluding hydrogens is 342 g/mol. The molecule has 0 aromatic heterocycles. The molecule has 0 aliphatic rings. The number of non-ortho nitro benzene ring substituents is 1. The Bertz CT molecular complexity index is 674. The van der Waals surface area contributed by atoms with Crippen molar-refractivity contribution < 1.29 is 19.5 Å². The standard InChI is InChI=1S/C14H12BrNO5/c1-20-13-5-3-10(16(18)19)7-14(13)21-12-4-2-9(8-17)6-11(12)15/h2-7,17H,8H2,1H3. The highest BCUT2D eigenvalue weighted by Crippen LogP contribution is 2.37. The van der Waals surface area contributed by atoms with E-state index in [2.05, 4.69) is 15.9 Å². The number of nitro groups is 1. The van der Waals surface area contributed by atoms with E-state index in [1.807, 2.05) is 0 Å². The van der Waals surface area contributed by atoms with Crippen LogP contribution in [-0.2, 0) is 6.61 Å². The van der Waals surface area contributed by atoms with Gasteiger partial charge in [0, 0.05) is 6.07 Å². The zero-order valence-corrected chi connectivity index (χ0v) is 12.7. The van der Waals surface area contributed by atoms with Crippen molar-refractivity contribution in [2.45, 2.75) is 6.61 Å². The summed E-state index contributed by atoms with van der Waals surface area (Å²) in [5.74, 6) is 1.09. The number of ether oxygens (including phenoxy) is 2. The molecule has 0 bridgehead atoms. The van der Waals surface area contributed by atoms with Gasteiger partial charge in [-0.15, -0.1) is 0 Å². The molecule has 21 heavy (non-hydrogen) atoms. The minimum atomic E-state index is -0.504. The Labute approximate surface area is 129 Å². The van der Waals surface area contributed by atoms with Crippen molar-refractivity contribution in [3.05, 3.63) is 56.5 Å². The summed E-state index contributed by atoms with van der Waals surface area (Å²) in [5, 5.41) is 19.9. The van der Waals surface area contributed by atoms with E-state index in [4.69, 9.17) is 14.6 Å². The minimum Gasteiger partial charge on any atom is -0.493 e. The van der Waals surface area contributed by atoms with E-state index in [9.17, 15) is 10.1 Å². The lowest BCUT2D eigenvalue weighted by Gasteiger charge is -2.12. The van der Waals surface area contributed by atoms with Crippen LogP contribution in [0.4, 0.5) is 5.69 Å². The van der Waals surface area contributed by atoms with Gasteiger partial charge in [-0.25, -0.2) is 0 Å². The number of aliphatic hydroxyl groups is 1. The number of rotatable bonds is 5. The van der Waals surface area contributed by atoms with Gasteiger partial charge in [-0.1, -0.05) is 6.07 Å². The Hall–Kier alpha value is -2.12. The maximum Gasteiger partial charge on any atom is 0.273 e. The molecule has 7 heteroatoms. The zero-order chi connectivity index (χ0) is 15.4. The summed E-state index contributed by atoms with van der Waals surface area (Å²) in [4.78, 5) is 10.3. The molecule has 2 aromatic carbocycles. The summed E-state index contributed by atoms with van der Waals surface area (Å²) < 4.78 is 11.4.